The molecule has 2 aromatic rings. The molecule has 0 spiro atoms. The Balaban J connectivity index is 2.02. The number of aliphatic hydroxyl groups excluding tert-OH is 1. The lowest BCUT2D eigenvalue weighted by Crippen LogP contribution is -1.95. The van der Waals surface area contributed by atoms with E-state index in [0.717, 1.165) is 36.5 Å². The average Bonchev–Trinajstić information content (AvgIpc) is 2.89. The van der Waals surface area contributed by atoms with Crippen molar-refractivity contribution < 1.29 is 9.84 Å². The Morgan fingerprint density at radius 3 is 2.67 bits per heavy atom. The molecule has 1 aromatic carbocycles. The van der Waals surface area contributed by atoms with Crippen LogP contribution in [0.5, 0.6) is 5.75 Å². The molecule has 18 heavy (non-hydrogen) atoms. The number of nitrogens with zero attached hydrogens (tertiary/aromatic N) is 1. The van der Waals surface area contributed by atoms with Crippen molar-refractivity contribution >= 4 is 0 Å². The van der Waals surface area contributed by atoms with Crippen molar-refractivity contribution in [2.45, 2.75) is 26.4 Å². The molecular weight excluding hydrogens is 228 g/mol. The third-order valence-electron chi connectivity index (χ3n) is 2.72. The third-order valence-corrected chi connectivity index (χ3v) is 2.72. The highest BCUT2D eigenvalue weighted by Gasteiger charge is 2.03. The van der Waals surface area contributed by atoms with Crippen LogP contribution in [0.25, 0.3) is 11.3 Å². The first kappa shape index (κ1) is 12.6. The van der Waals surface area contributed by atoms with Gasteiger partial charge in [-0.1, -0.05) is 13.3 Å². The van der Waals surface area contributed by atoms with Gasteiger partial charge >= 0.3 is 0 Å². The highest BCUT2D eigenvalue weighted by atomic mass is 16.5. The number of rotatable bonds is 6. The lowest BCUT2D eigenvalue weighted by molar-refractivity contribution is 0.276. The van der Waals surface area contributed by atoms with E-state index in [9.17, 15) is 0 Å². The number of nitrogens with one attached hydrogen (secondary N) is 1. The monoisotopic (exact) mass is 246 g/mol. The molecule has 1 heterocycles. The molecule has 4 heteroatoms. The number of H-pyrrole nitrogens is 1. The lowest BCUT2D eigenvalue weighted by atomic mass is 10.1. The zero-order valence-electron chi connectivity index (χ0n) is 10.5. The van der Waals surface area contributed by atoms with Crippen molar-refractivity contribution in [2.75, 3.05) is 6.61 Å². The van der Waals surface area contributed by atoms with Gasteiger partial charge in [-0.25, -0.2) is 0 Å². The van der Waals surface area contributed by atoms with Crippen LogP contribution >= 0.6 is 0 Å². The minimum absolute atomic E-state index is 0.0226. The largest absolute Gasteiger partial charge is 0.494 e. The van der Waals surface area contributed by atoms with Crippen LogP contribution in [0.2, 0.25) is 0 Å². The van der Waals surface area contributed by atoms with Gasteiger partial charge in [0.15, 0.2) is 0 Å². The summed E-state index contributed by atoms with van der Waals surface area (Å²) >= 11 is 0. The first-order chi connectivity index (χ1) is 8.83. The van der Waals surface area contributed by atoms with Crippen LogP contribution < -0.4 is 4.74 Å². The van der Waals surface area contributed by atoms with Gasteiger partial charge in [-0.05, 0) is 36.8 Å². The Morgan fingerprint density at radius 2 is 2.06 bits per heavy atom. The van der Waals surface area contributed by atoms with E-state index in [1.165, 1.54) is 0 Å². The van der Waals surface area contributed by atoms with E-state index in [1.54, 1.807) is 0 Å². The summed E-state index contributed by atoms with van der Waals surface area (Å²) in [6.07, 6.45) is 2.20. The van der Waals surface area contributed by atoms with Crippen molar-refractivity contribution in [2.24, 2.45) is 0 Å². The van der Waals surface area contributed by atoms with Gasteiger partial charge in [-0.3, -0.25) is 5.10 Å². The van der Waals surface area contributed by atoms with Crippen LogP contribution in [0, 0.1) is 0 Å². The SMILES string of the molecule is CCCCOc1ccc(-c2cc(CO)[nH]n2)cc1. The number of aromatic nitrogens is 2. The number of hydrogen-bond acceptors (Lipinski definition) is 3. The number of hydrogen-bond donors (Lipinski definition) is 2. The van der Waals surface area contributed by atoms with Crippen molar-refractivity contribution in [3.05, 3.63) is 36.0 Å². The van der Waals surface area contributed by atoms with Crippen LogP contribution in [-0.4, -0.2) is 21.9 Å². The smallest absolute Gasteiger partial charge is 0.119 e. The molecule has 0 saturated carbocycles. The van der Waals surface area contributed by atoms with Crippen molar-refractivity contribution in [1.29, 1.82) is 0 Å². The number of benzene rings is 1. The molecule has 0 fully saturated rings. The molecule has 0 unspecified atom stereocenters. The normalized spacial score (nSPS) is 10.6. The van der Waals surface area contributed by atoms with Gasteiger partial charge < -0.3 is 9.84 Å². The minimum atomic E-state index is -0.0226. The van der Waals surface area contributed by atoms with E-state index in [4.69, 9.17) is 9.84 Å². The van der Waals surface area contributed by atoms with Crippen LogP contribution in [0.1, 0.15) is 25.5 Å². The van der Waals surface area contributed by atoms with Gasteiger partial charge in [0, 0.05) is 5.56 Å². The van der Waals surface area contributed by atoms with E-state index in [2.05, 4.69) is 17.1 Å². The zero-order chi connectivity index (χ0) is 12.8. The molecule has 0 saturated heterocycles. The predicted molar refractivity (Wildman–Crippen MR) is 70.3 cm³/mol. The number of aliphatic hydroxyl groups is 1. The average molecular weight is 246 g/mol. The van der Waals surface area contributed by atoms with Crippen molar-refractivity contribution in [3.63, 3.8) is 0 Å². The number of ether oxygens (including phenoxy) is 1. The first-order valence-corrected chi connectivity index (χ1v) is 6.22. The Kier molecular flexibility index (Phi) is 4.36. The second kappa shape index (κ2) is 6.21. The highest BCUT2D eigenvalue weighted by molar-refractivity contribution is 5.60. The molecule has 0 atom stereocenters. The molecule has 2 N–H and O–H groups in total. The maximum absolute atomic E-state index is 8.97. The molecule has 0 aliphatic carbocycles. The minimum Gasteiger partial charge on any atom is -0.494 e. The van der Waals surface area contributed by atoms with Gasteiger partial charge in [-0.15, -0.1) is 0 Å². The molecule has 0 radical (unpaired) electrons. The highest BCUT2D eigenvalue weighted by Crippen LogP contribution is 2.21. The number of unbranched alkanes of at least 4 members (excludes halogenated alkanes) is 1. The molecule has 96 valence electrons. The summed E-state index contributed by atoms with van der Waals surface area (Å²) < 4.78 is 5.60. The Bertz CT molecular complexity index is 477. The Morgan fingerprint density at radius 1 is 1.28 bits per heavy atom. The predicted octanol–water partition coefficient (Wildman–Crippen LogP) is 2.75. The summed E-state index contributed by atoms with van der Waals surface area (Å²) in [6.45, 7) is 2.88. The summed E-state index contributed by atoms with van der Waals surface area (Å²) in [5.74, 6) is 0.880. The van der Waals surface area contributed by atoms with Crippen molar-refractivity contribution in [1.82, 2.24) is 10.2 Å². The summed E-state index contributed by atoms with van der Waals surface area (Å²) in [7, 11) is 0. The Labute approximate surface area is 107 Å². The molecular formula is C14H18N2O2. The van der Waals surface area contributed by atoms with Gasteiger partial charge in [-0.2, -0.15) is 5.10 Å². The second-order valence-corrected chi connectivity index (χ2v) is 4.16. The molecule has 1 aromatic heterocycles. The molecule has 4 nitrogen and oxygen atoms in total. The first-order valence-electron chi connectivity index (χ1n) is 6.22. The number of aromatic amines is 1. The van der Waals surface area contributed by atoms with E-state index in [0.29, 0.717) is 5.69 Å². The molecule has 0 amide bonds. The van der Waals surface area contributed by atoms with E-state index < -0.39 is 0 Å². The van der Waals surface area contributed by atoms with Crippen molar-refractivity contribution in [3.8, 4) is 17.0 Å². The van der Waals surface area contributed by atoms with Gasteiger partial charge in [0.25, 0.3) is 0 Å². The van der Waals surface area contributed by atoms with E-state index in [1.807, 2.05) is 30.3 Å². The maximum Gasteiger partial charge on any atom is 0.119 e. The summed E-state index contributed by atoms with van der Waals surface area (Å²) in [6, 6.07) is 9.67. The fraction of sp³-hybridized carbons (Fsp3) is 0.357. The zero-order valence-corrected chi connectivity index (χ0v) is 10.5. The van der Waals surface area contributed by atoms with E-state index in [-0.39, 0.29) is 6.61 Å². The van der Waals surface area contributed by atoms with Gasteiger partial charge in [0.05, 0.1) is 24.6 Å². The topological polar surface area (TPSA) is 58.1 Å². The van der Waals surface area contributed by atoms with Gasteiger partial charge in [0.2, 0.25) is 0 Å². The van der Waals surface area contributed by atoms with E-state index >= 15 is 0 Å². The summed E-state index contributed by atoms with van der Waals surface area (Å²) in [4.78, 5) is 0. The molecule has 0 aliphatic rings. The summed E-state index contributed by atoms with van der Waals surface area (Å²) in [5, 5.41) is 15.9. The fourth-order valence-electron chi connectivity index (χ4n) is 1.65. The third kappa shape index (κ3) is 3.11. The Hall–Kier alpha value is -1.81. The quantitative estimate of drug-likeness (QED) is 0.770. The lowest BCUT2D eigenvalue weighted by Gasteiger charge is -2.05. The van der Waals surface area contributed by atoms with Crippen LogP contribution in [0.4, 0.5) is 0 Å². The summed E-state index contributed by atoms with van der Waals surface area (Å²) in [5.41, 5.74) is 2.56. The standard InChI is InChI=1S/C14H18N2O2/c1-2-3-8-18-13-6-4-11(5-7-13)14-9-12(10-17)15-16-14/h4-7,9,17H,2-3,8,10H2,1H3,(H,15,16). The molecule has 2 rings (SSSR count). The van der Waals surface area contributed by atoms with Crippen LogP contribution in [-0.2, 0) is 6.61 Å². The van der Waals surface area contributed by atoms with Crippen LogP contribution in [0.3, 0.4) is 0 Å². The fourth-order valence-corrected chi connectivity index (χ4v) is 1.65. The maximum atomic E-state index is 8.97. The molecule has 0 aliphatic heterocycles. The van der Waals surface area contributed by atoms with Crippen LogP contribution in [0.15, 0.2) is 30.3 Å². The molecule has 0 bridgehead atoms. The van der Waals surface area contributed by atoms with Gasteiger partial charge in [0.1, 0.15) is 5.75 Å². The second-order valence-electron chi connectivity index (χ2n) is 4.16.